The van der Waals surface area contributed by atoms with Gasteiger partial charge in [0.1, 0.15) is 5.69 Å². The molecule has 0 aliphatic heterocycles. The molecule has 1 aromatic rings. The second-order valence-electron chi connectivity index (χ2n) is 2.94. The molecular weight excluding hydrogens is 222 g/mol. The number of rotatable bonds is 3. The van der Waals surface area contributed by atoms with Crippen LogP contribution in [-0.4, -0.2) is 18.1 Å². The van der Waals surface area contributed by atoms with Gasteiger partial charge < -0.3 is 15.5 Å². The largest absolute Gasteiger partial charge is 0.464 e. The van der Waals surface area contributed by atoms with E-state index in [0.717, 1.165) is 13.2 Å². The monoisotopic (exact) mass is 232 g/mol. The van der Waals surface area contributed by atoms with E-state index in [1.165, 1.54) is 0 Å². The van der Waals surface area contributed by atoms with Crippen LogP contribution in [0.25, 0.3) is 0 Å². The summed E-state index contributed by atoms with van der Waals surface area (Å²) in [5.74, 6) is -0.903. The van der Waals surface area contributed by atoms with E-state index in [-0.39, 0.29) is 17.8 Å². The topological polar surface area (TPSA) is 85.2 Å². The Hall–Kier alpha value is -1.76. The highest BCUT2D eigenvalue weighted by molar-refractivity contribution is 5.88. The zero-order valence-electron chi connectivity index (χ0n) is 8.42. The Balaban J connectivity index is 3.43. The first-order valence-corrected chi connectivity index (χ1v) is 4.33. The lowest BCUT2D eigenvalue weighted by atomic mass is 10.1. The number of hydrogen-bond acceptors (Lipinski definition) is 4. The molecule has 0 bridgehead atoms. The van der Waals surface area contributed by atoms with E-state index in [4.69, 9.17) is 5.73 Å². The normalized spacial score (nSPS) is 10.6. The Labute approximate surface area is 89.2 Å². The number of nitrogens with two attached hydrogens (primary N) is 1. The molecule has 3 N–H and O–H groups in total. The van der Waals surface area contributed by atoms with Gasteiger partial charge in [-0.15, -0.1) is 0 Å². The lowest BCUT2D eigenvalue weighted by Gasteiger charge is -2.08. The van der Waals surface area contributed by atoms with E-state index in [1.54, 1.807) is 0 Å². The summed E-state index contributed by atoms with van der Waals surface area (Å²) >= 11 is 0. The van der Waals surface area contributed by atoms with Crippen molar-refractivity contribution in [1.82, 2.24) is 4.98 Å². The van der Waals surface area contributed by atoms with Crippen LogP contribution in [0.5, 0.6) is 0 Å². The highest BCUT2D eigenvalue weighted by atomic mass is 19.3. The maximum absolute atomic E-state index is 12.4. The first kappa shape index (κ1) is 12.3. The fraction of sp³-hybridized carbons (Fsp3) is 0.333. The predicted octanol–water partition coefficient (Wildman–Crippen LogP) is 0.558. The van der Waals surface area contributed by atoms with Crippen molar-refractivity contribution in [3.8, 4) is 0 Å². The van der Waals surface area contributed by atoms with Crippen LogP contribution in [-0.2, 0) is 11.3 Å². The SMILES string of the molecule is COC(=O)c1[nH]c(C(F)F)cc(=O)c1CN. The van der Waals surface area contributed by atoms with Gasteiger partial charge in [0, 0.05) is 18.2 Å². The van der Waals surface area contributed by atoms with E-state index < -0.39 is 23.5 Å². The molecule has 0 radical (unpaired) electrons. The van der Waals surface area contributed by atoms with Crippen molar-refractivity contribution >= 4 is 5.97 Å². The van der Waals surface area contributed by atoms with E-state index in [1.807, 2.05) is 0 Å². The smallest absolute Gasteiger partial charge is 0.354 e. The van der Waals surface area contributed by atoms with Crippen molar-refractivity contribution in [2.45, 2.75) is 13.0 Å². The molecule has 0 unspecified atom stereocenters. The number of ether oxygens (including phenoxy) is 1. The molecule has 0 saturated carbocycles. The third-order valence-corrected chi connectivity index (χ3v) is 1.98. The lowest BCUT2D eigenvalue weighted by Crippen LogP contribution is -2.22. The average molecular weight is 232 g/mol. The van der Waals surface area contributed by atoms with Crippen LogP contribution in [0.15, 0.2) is 10.9 Å². The number of aromatic amines is 1. The first-order valence-electron chi connectivity index (χ1n) is 4.33. The molecule has 1 rings (SSSR count). The second kappa shape index (κ2) is 4.84. The highest BCUT2D eigenvalue weighted by Crippen LogP contribution is 2.16. The van der Waals surface area contributed by atoms with Gasteiger partial charge in [0.2, 0.25) is 0 Å². The van der Waals surface area contributed by atoms with Crippen molar-refractivity contribution in [2.24, 2.45) is 5.73 Å². The van der Waals surface area contributed by atoms with Crippen LogP contribution < -0.4 is 11.2 Å². The number of pyridine rings is 1. The van der Waals surface area contributed by atoms with Gasteiger partial charge >= 0.3 is 5.97 Å². The van der Waals surface area contributed by atoms with Crippen molar-refractivity contribution in [1.29, 1.82) is 0 Å². The number of alkyl halides is 2. The summed E-state index contributed by atoms with van der Waals surface area (Å²) in [5, 5.41) is 0. The Bertz CT molecular complexity index is 457. The minimum Gasteiger partial charge on any atom is -0.464 e. The van der Waals surface area contributed by atoms with Crippen LogP contribution in [0.1, 0.15) is 28.2 Å². The zero-order chi connectivity index (χ0) is 12.3. The molecule has 0 aliphatic carbocycles. The molecule has 0 aromatic carbocycles. The Kier molecular flexibility index (Phi) is 3.73. The van der Waals surface area contributed by atoms with E-state index in [9.17, 15) is 18.4 Å². The van der Waals surface area contributed by atoms with Gasteiger partial charge in [-0.1, -0.05) is 0 Å². The van der Waals surface area contributed by atoms with Crippen LogP contribution in [0.2, 0.25) is 0 Å². The van der Waals surface area contributed by atoms with Gasteiger partial charge in [-0.25, -0.2) is 13.6 Å². The molecule has 0 saturated heterocycles. The van der Waals surface area contributed by atoms with Crippen molar-refractivity contribution in [2.75, 3.05) is 7.11 Å². The van der Waals surface area contributed by atoms with Gasteiger partial charge in [-0.05, 0) is 0 Å². The first-order chi connectivity index (χ1) is 7.51. The summed E-state index contributed by atoms with van der Waals surface area (Å²) in [6, 6.07) is 0.722. The van der Waals surface area contributed by atoms with Gasteiger partial charge in [-0.2, -0.15) is 0 Å². The number of nitrogens with one attached hydrogen (secondary N) is 1. The molecular formula is C9H10F2N2O3. The lowest BCUT2D eigenvalue weighted by molar-refractivity contribution is 0.0590. The van der Waals surface area contributed by atoms with E-state index in [0.29, 0.717) is 0 Å². The highest BCUT2D eigenvalue weighted by Gasteiger charge is 2.19. The van der Waals surface area contributed by atoms with Crippen LogP contribution in [0.4, 0.5) is 8.78 Å². The van der Waals surface area contributed by atoms with E-state index >= 15 is 0 Å². The molecule has 5 nitrogen and oxygen atoms in total. The molecule has 0 spiro atoms. The van der Waals surface area contributed by atoms with Crippen molar-refractivity contribution in [3.63, 3.8) is 0 Å². The Morgan fingerprint density at radius 1 is 1.62 bits per heavy atom. The molecule has 0 aliphatic rings. The van der Waals surface area contributed by atoms with Crippen molar-refractivity contribution < 1.29 is 18.3 Å². The Morgan fingerprint density at radius 2 is 2.25 bits per heavy atom. The molecule has 0 atom stereocenters. The number of carbonyl (C=O) groups is 1. The fourth-order valence-corrected chi connectivity index (χ4v) is 1.20. The standard InChI is InChI=1S/C9H10F2N2O3/c1-16-9(15)7-4(3-12)6(14)2-5(13-7)8(10)11/h2,8H,3,12H2,1H3,(H,13,14). The fourth-order valence-electron chi connectivity index (χ4n) is 1.20. The van der Waals surface area contributed by atoms with Gasteiger partial charge in [0.15, 0.2) is 5.43 Å². The predicted molar refractivity (Wildman–Crippen MR) is 51.3 cm³/mol. The summed E-state index contributed by atoms with van der Waals surface area (Å²) in [5.41, 5.74) is 3.51. The van der Waals surface area contributed by atoms with Gasteiger partial charge in [-0.3, -0.25) is 4.79 Å². The maximum atomic E-state index is 12.4. The Morgan fingerprint density at radius 3 is 2.69 bits per heavy atom. The molecule has 1 aromatic heterocycles. The molecule has 0 amide bonds. The van der Waals surface area contributed by atoms with Gasteiger partial charge in [0.25, 0.3) is 6.43 Å². The summed E-state index contributed by atoms with van der Waals surface area (Å²) in [7, 11) is 1.08. The molecule has 0 fully saturated rings. The number of methoxy groups -OCH3 is 1. The molecule has 16 heavy (non-hydrogen) atoms. The van der Waals surface area contributed by atoms with E-state index in [2.05, 4.69) is 9.72 Å². The summed E-state index contributed by atoms with van der Waals surface area (Å²) < 4.78 is 29.1. The van der Waals surface area contributed by atoms with Crippen LogP contribution in [0, 0.1) is 0 Å². The minimum atomic E-state index is -2.87. The van der Waals surface area contributed by atoms with Gasteiger partial charge in [0.05, 0.1) is 12.8 Å². The number of esters is 1. The third kappa shape index (κ3) is 2.25. The summed E-state index contributed by atoms with van der Waals surface area (Å²) in [4.78, 5) is 24.8. The molecule has 7 heteroatoms. The zero-order valence-corrected chi connectivity index (χ0v) is 8.42. The van der Waals surface area contributed by atoms with Crippen LogP contribution in [0.3, 0.4) is 0 Å². The second-order valence-corrected chi connectivity index (χ2v) is 2.94. The molecule has 1 heterocycles. The third-order valence-electron chi connectivity index (χ3n) is 1.98. The summed E-state index contributed by atoms with van der Waals surface area (Å²) in [6.45, 7) is -0.233. The van der Waals surface area contributed by atoms with Crippen molar-refractivity contribution in [3.05, 3.63) is 33.2 Å². The van der Waals surface area contributed by atoms with Crippen LogP contribution >= 0.6 is 0 Å². The molecule has 88 valence electrons. The average Bonchev–Trinajstić information content (AvgIpc) is 2.26. The maximum Gasteiger partial charge on any atom is 0.354 e. The number of H-pyrrole nitrogens is 1. The quantitative estimate of drug-likeness (QED) is 0.745. The minimum absolute atomic E-state index is 0.0729. The number of halogens is 2. The number of hydrogen-bond donors (Lipinski definition) is 2. The number of aromatic nitrogens is 1. The number of carbonyl (C=O) groups excluding carboxylic acids is 1. The summed E-state index contributed by atoms with van der Waals surface area (Å²) in [6.07, 6.45) is -2.87.